The van der Waals surface area contributed by atoms with Crippen LogP contribution in [0.15, 0.2) is 42.5 Å². The third kappa shape index (κ3) is 2.92. The van der Waals surface area contributed by atoms with Gasteiger partial charge in [-0.05, 0) is 25.2 Å². The van der Waals surface area contributed by atoms with Gasteiger partial charge in [0.1, 0.15) is 5.82 Å². The Morgan fingerprint density at radius 2 is 1.86 bits per heavy atom. The molecular formula is C16H15F2N3. The molecule has 0 radical (unpaired) electrons. The van der Waals surface area contributed by atoms with E-state index < -0.39 is 11.6 Å². The predicted octanol–water partition coefficient (Wildman–Crippen LogP) is 3.47. The second kappa shape index (κ2) is 5.61. The third-order valence-electron chi connectivity index (χ3n) is 3.33. The highest BCUT2D eigenvalue weighted by Gasteiger charge is 2.11. The first-order valence-electron chi connectivity index (χ1n) is 6.68. The van der Waals surface area contributed by atoms with Crippen molar-refractivity contribution in [2.24, 2.45) is 0 Å². The summed E-state index contributed by atoms with van der Waals surface area (Å²) in [6, 6.07) is 12.0. The summed E-state index contributed by atoms with van der Waals surface area (Å²) in [4.78, 5) is 9.57. The van der Waals surface area contributed by atoms with Gasteiger partial charge in [-0.1, -0.05) is 24.3 Å². The normalized spacial score (nSPS) is 11.4. The monoisotopic (exact) mass is 287 g/mol. The van der Waals surface area contributed by atoms with Crippen LogP contribution in [0.3, 0.4) is 0 Å². The minimum atomic E-state index is -0.815. The molecule has 0 aliphatic carbocycles. The average Bonchev–Trinajstić information content (AvgIpc) is 2.86. The largest absolute Gasteiger partial charge is 0.341 e. The van der Waals surface area contributed by atoms with Crippen LogP contribution in [-0.2, 0) is 13.1 Å². The maximum Gasteiger partial charge on any atom is 0.163 e. The van der Waals surface area contributed by atoms with Crippen LogP contribution in [0.1, 0.15) is 11.4 Å². The summed E-state index contributed by atoms with van der Waals surface area (Å²) < 4.78 is 26.8. The van der Waals surface area contributed by atoms with E-state index in [2.05, 4.69) is 9.97 Å². The topological polar surface area (TPSA) is 31.9 Å². The molecule has 1 N–H and O–H groups in total. The molecule has 1 heterocycles. The van der Waals surface area contributed by atoms with Crippen molar-refractivity contribution in [1.29, 1.82) is 0 Å². The first-order chi connectivity index (χ1) is 10.1. The van der Waals surface area contributed by atoms with Gasteiger partial charge < -0.3 is 4.98 Å². The van der Waals surface area contributed by atoms with Gasteiger partial charge in [0.05, 0.1) is 17.6 Å². The molecule has 0 saturated heterocycles. The van der Waals surface area contributed by atoms with Crippen molar-refractivity contribution >= 4 is 11.0 Å². The summed E-state index contributed by atoms with van der Waals surface area (Å²) in [5, 5.41) is 0. The molecule has 0 aliphatic rings. The second-order valence-corrected chi connectivity index (χ2v) is 5.09. The first-order valence-corrected chi connectivity index (χ1v) is 6.68. The summed E-state index contributed by atoms with van der Waals surface area (Å²) in [7, 11) is 1.84. The number of rotatable bonds is 4. The molecule has 5 heteroatoms. The Kier molecular flexibility index (Phi) is 3.66. The molecule has 0 fully saturated rings. The second-order valence-electron chi connectivity index (χ2n) is 5.09. The van der Waals surface area contributed by atoms with Crippen LogP contribution >= 0.6 is 0 Å². The Hall–Kier alpha value is -2.27. The van der Waals surface area contributed by atoms with E-state index in [1.165, 1.54) is 6.07 Å². The molecule has 0 amide bonds. The summed E-state index contributed by atoms with van der Waals surface area (Å²) in [6.07, 6.45) is 0. The van der Waals surface area contributed by atoms with Gasteiger partial charge in [0.15, 0.2) is 11.6 Å². The van der Waals surface area contributed by atoms with E-state index >= 15 is 0 Å². The maximum atomic E-state index is 13.6. The van der Waals surface area contributed by atoms with Crippen molar-refractivity contribution in [1.82, 2.24) is 14.9 Å². The van der Waals surface area contributed by atoms with Gasteiger partial charge in [-0.3, -0.25) is 4.90 Å². The smallest absolute Gasteiger partial charge is 0.163 e. The van der Waals surface area contributed by atoms with E-state index in [9.17, 15) is 8.78 Å². The molecule has 2 aromatic carbocycles. The Balaban J connectivity index is 1.74. The zero-order valence-electron chi connectivity index (χ0n) is 11.6. The van der Waals surface area contributed by atoms with Crippen LogP contribution in [0.2, 0.25) is 0 Å². The molecule has 0 unspecified atom stereocenters. The van der Waals surface area contributed by atoms with Crippen molar-refractivity contribution < 1.29 is 8.78 Å². The molecule has 3 nitrogen and oxygen atoms in total. The van der Waals surface area contributed by atoms with Crippen LogP contribution in [0.5, 0.6) is 0 Å². The SMILES string of the molecule is CN(Cc1nc2ccccc2[nH]1)Cc1cccc(F)c1F. The zero-order valence-corrected chi connectivity index (χ0v) is 11.6. The molecule has 0 bridgehead atoms. The maximum absolute atomic E-state index is 13.6. The molecule has 21 heavy (non-hydrogen) atoms. The lowest BCUT2D eigenvalue weighted by molar-refractivity contribution is 0.304. The van der Waals surface area contributed by atoms with Crippen LogP contribution in [0.4, 0.5) is 8.78 Å². The predicted molar refractivity (Wildman–Crippen MR) is 77.6 cm³/mol. The number of hydrogen-bond acceptors (Lipinski definition) is 2. The molecule has 0 atom stereocenters. The number of hydrogen-bond donors (Lipinski definition) is 1. The minimum Gasteiger partial charge on any atom is -0.341 e. The zero-order chi connectivity index (χ0) is 14.8. The van der Waals surface area contributed by atoms with Crippen molar-refractivity contribution in [3.05, 3.63) is 65.5 Å². The highest BCUT2D eigenvalue weighted by molar-refractivity contribution is 5.74. The minimum absolute atomic E-state index is 0.320. The Bertz CT molecular complexity index is 734. The number of imidazole rings is 1. The van der Waals surface area contributed by atoms with E-state index in [0.717, 1.165) is 22.9 Å². The number of aromatic nitrogens is 2. The number of benzene rings is 2. The van der Waals surface area contributed by atoms with Crippen molar-refractivity contribution in [2.75, 3.05) is 7.05 Å². The van der Waals surface area contributed by atoms with Gasteiger partial charge in [0.25, 0.3) is 0 Å². The lowest BCUT2D eigenvalue weighted by Gasteiger charge is -2.15. The lowest BCUT2D eigenvalue weighted by atomic mass is 10.2. The number of para-hydroxylation sites is 2. The highest BCUT2D eigenvalue weighted by atomic mass is 19.2. The molecule has 1 aromatic heterocycles. The van der Waals surface area contributed by atoms with E-state index in [1.54, 1.807) is 6.07 Å². The van der Waals surface area contributed by atoms with Crippen LogP contribution < -0.4 is 0 Å². The van der Waals surface area contributed by atoms with Crippen LogP contribution in [0, 0.1) is 11.6 Å². The van der Waals surface area contributed by atoms with Crippen molar-refractivity contribution in [3.8, 4) is 0 Å². The molecule has 0 aliphatic heterocycles. The standard InChI is InChI=1S/C16H15F2N3/c1-21(9-11-5-4-6-12(17)16(11)18)10-15-19-13-7-2-3-8-14(13)20-15/h2-8H,9-10H2,1H3,(H,19,20). The summed E-state index contributed by atoms with van der Waals surface area (Å²) >= 11 is 0. The van der Waals surface area contributed by atoms with Gasteiger partial charge in [-0.25, -0.2) is 13.8 Å². The van der Waals surface area contributed by atoms with Gasteiger partial charge in [0.2, 0.25) is 0 Å². The Labute approximate surface area is 121 Å². The quantitative estimate of drug-likeness (QED) is 0.796. The fourth-order valence-corrected chi connectivity index (χ4v) is 2.35. The van der Waals surface area contributed by atoms with Crippen molar-refractivity contribution in [2.45, 2.75) is 13.1 Å². The van der Waals surface area contributed by atoms with E-state index in [1.807, 2.05) is 36.2 Å². The molecule has 108 valence electrons. The number of H-pyrrole nitrogens is 1. The molecule has 3 aromatic rings. The fourth-order valence-electron chi connectivity index (χ4n) is 2.35. The summed E-state index contributed by atoms with van der Waals surface area (Å²) in [5.41, 5.74) is 2.21. The van der Waals surface area contributed by atoms with Crippen molar-refractivity contribution in [3.63, 3.8) is 0 Å². The molecule has 3 rings (SSSR count). The number of aromatic amines is 1. The van der Waals surface area contributed by atoms with E-state index in [-0.39, 0.29) is 0 Å². The van der Waals surface area contributed by atoms with Gasteiger partial charge in [0, 0.05) is 12.1 Å². The number of nitrogens with zero attached hydrogens (tertiary/aromatic N) is 2. The Morgan fingerprint density at radius 1 is 1.05 bits per heavy atom. The molecule has 0 spiro atoms. The van der Waals surface area contributed by atoms with Gasteiger partial charge >= 0.3 is 0 Å². The van der Waals surface area contributed by atoms with Gasteiger partial charge in [-0.2, -0.15) is 0 Å². The lowest BCUT2D eigenvalue weighted by Crippen LogP contribution is -2.19. The van der Waals surface area contributed by atoms with Crippen LogP contribution in [-0.4, -0.2) is 21.9 Å². The average molecular weight is 287 g/mol. The number of halogens is 2. The third-order valence-corrected chi connectivity index (χ3v) is 3.33. The Morgan fingerprint density at radius 3 is 2.67 bits per heavy atom. The number of fused-ring (bicyclic) bond motifs is 1. The number of nitrogens with one attached hydrogen (secondary N) is 1. The van der Waals surface area contributed by atoms with Gasteiger partial charge in [-0.15, -0.1) is 0 Å². The van der Waals surface area contributed by atoms with E-state index in [4.69, 9.17) is 0 Å². The first kappa shape index (κ1) is 13.7. The summed E-state index contributed by atoms with van der Waals surface area (Å²) in [6.45, 7) is 0.852. The highest BCUT2D eigenvalue weighted by Crippen LogP contribution is 2.15. The summed E-state index contributed by atoms with van der Waals surface area (Å²) in [5.74, 6) is -0.797. The van der Waals surface area contributed by atoms with Crippen LogP contribution in [0.25, 0.3) is 11.0 Å². The van der Waals surface area contributed by atoms with E-state index in [0.29, 0.717) is 18.7 Å². The fraction of sp³-hybridized carbons (Fsp3) is 0.188. The molecular weight excluding hydrogens is 272 g/mol. The molecule has 0 saturated carbocycles.